The van der Waals surface area contributed by atoms with E-state index in [2.05, 4.69) is 12.2 Å². The van der Waals surface area contributed by atoms with Gasteiger partial charge in [0.1, 0.15) is 6.04 Å². The van der Waals surface area contributed by atoms with Crippen LogP contribution in [-0.4, -0.2) is 59.2 Å². The van der Waals surface area contributed by atoms with Crippen LogP contribution in [0.15, 0.2) is 24.3 Å². The number of nitrogens with one attached hydrogen (secondary N) is 1. The number of carbonyl (C=O) groups excluding carboxylic acids is 3. The van der Waals surface area contributed by atoms with Gasteiger partial charge in [-0.05, 0) is 38.3 Å². The van der Waals surface area contributed by atoms with Gasteiger partial charge in [-0.15, -0.1) is 0 Å². The molecule has 0 saturated carbocycles. The number of hydrogen-bond donors (Lipinski definition) is 1. The van der Waals surface area contributed by atoms with Crippen molar-refractivity contribution in [3.05, 3.63) is 35.4 Å². The van der Waals surface area contributed by atoms with Crippen molar-refractivity contribution in [2.75, 3.05) is 19.6 Å². The average molecular weight is 430 g/mol. The van der Waals surface area contributed by atoms with Crippen molar-refractivity contribution in [1.82, 2.24) is 15.1 Å². The molecule has 1 aromatic rings. The molecule has 1 saturated heterocycles. The number of unbranched alkanes of at least 4 members (excludes halogenated alkanes) is 3. The van der Waals surface area contributed by atoms with Crippen LogP contribution >= 0.6 is 0 Å². The third-order valence-corrected chi connectivity index (χ3v) is 6.01. The lowest BCUT2D eigenvalue weighted by atomic mass is 10.0. The van der Waals surface area contributed by atoms with Crippen LogP contribution in [0.4, 0.5) is 0 Å². The normalized spacial score (nSPS) is 17.5. The number of nitrogens with zero attached hydrogens (tertiary/aromatic N) is 2. The van der Waals surface area contributed by atoms with Crippen molar-refractivity contribution >= 4 is 17.7 Å². The van der Waals surface area contributed by atoms with Crippen molar-refractivity contribution in [3.63, 3.8) is 0 Å². The Bertz CT molecular complexity index is 745. The summed E-state index contributed by atoms with van der Waals surface area (Å²) in [7, 11) is 0. The van der Waals surface area contributed by atoms with Crippen LogP contribution in [0, 0.1) is 12.8 Å². The van der Waals surface area contributed by atoms with Gasteiger partial charge in [0.15, 0.2) is 0 Å². The molecule has 1 aliphatic heterocycles. The molecule has 0 aliphatic carbocycles. The molecule has 3 amide bonds. The first-order chi connectivity index (χ1) is 14.7. The summed E-state index contributed by atoms with van der Waals surface area (Å²) in [4.78, 5) is 42.1. The van der Waals surface area contributed by atoms with Crippen molar-refractivity contribution in [3.8, 4) is 0 Å². The van der Waals surface area contributed by atoms with Gasteiger partial charge in [-0.2, -0.15) is 0 Å². The topological polar surface area (TPSA) is 69.7 Å². The maximum atomic E-state index is 13.2. The SMILES string of the molecule is CCCCCCC(=O)NC(C(=O)N1CCN(C(=O)c2ccc(C)cc2)C(C)C1)C(C)C. The summed E-state index contributed by atoms with van der Waals surface area (Å²) < 4.78 is 0. The monoisotopic (exact) mass is 429 g/mol. The Labute approximate surface area is 187 Å². The number of carbonyl (C=O) groups is 3. The lowest BCUT2D eigenvalue weighted by molar-refractivity contribution is -0.139. The van der Waals surface area contributed by atoms with Crippen LogP contribution in [0.25, 0.3) is 0 Å². The summed E-state index contributed by atoms with van der Waals surface area (Å²) in [5.41, 5.74) is 1.79. The highest BCUT2D eigenvalue weighted by Crippen LogP contribution is 2.17. The Morgan fingerprint density at radius 1 is 1.06 bits per heavy atom. The summed E-state index contributed by atoms with van der Waals surface area (Å²) in [6, 6.07) is 6.99. The first kappa shape index (κ1) is 24.9. The molecule has 2 atom stereocenters. The number of amides is 3. The van der Waals surface area contributed by atoms with Crippen molar-refractivity contribution in [1.29, 1.82) is 0 Å². The van der Waals surface area contributed by atoms with E-state index in [9.17, 15) is 14.4 Å². The standard InChI is InChI=1S/C25H39N3O3/c1-6-7-8-9-10-22(29)26-23(18(2)3)25(31)27-15-16-28(20(5)17-27)24(30)21-13-11-19(4)12-14-21/h11-14,18,20,23H,6-10,15-17H2,1-5H3,(H,26,29). The molecular weight excluding hydrogens is 390 g/mol. The van der Waals surface area contributed by atoms with Crippen LogP contribution in [0.3, 0.4) is 0 Å². The molecule has 1 aromatic carbocycles. The first-order valence-corrected chi connectivity index (χ1v) is 11.7. The van der Waals surface area contributed by atoms with Gasteiger partial charge in [0.25, 0.3) is 5.91 Å². The lowest BCUT2D eigenvalue weighted by Gasteiger charge is -2.41. The maximum absolute atomic E-state index is 13.2. The van der Waals surface area contributed by atoms with E-state index in [4.69, 9.17) is 0 Å². The second-order valence-corrected chi connectivity index (χ2v) is 9.10. The molecule has 0 aromatic heterocycles. The van der Waals surface area contributed by atoms with Gasteiger partial charge in [-0.3, -0.25) is 14.4 Å². The number of piperazine rings is 1. The minimum absolute atomic E-state index is 0.000362. The zero-order valence-corrected chi connectivity index (χ0v) is 19.8. The summed E-state index contributed by atoms with van der Waals surface area (Å²) in [6.07, 6.45) is 4.62. The molecule has 6 heteroatoms. The minimum Gasteiger partial charge on any atom is -0.344 e. The Morgan fingerprint density at radius 3 is 2.32 bits per heavy atom. The molecule has 1 heterocycles. The molecule has 6 nitrogen and oxygen atoms in total. The van der Waals surface area contributed by atoms with Crippen LogP contribution < -0.4 is 5.32 Å². The van der Waals surface area contributed by atoms with Crippen LogP contribution in [0.2, 0.25) is 0 Å². The van der Waals surface area contributed by atoms with Crippen molar-refractivity contribution < 1.29 is 14.4 Å². The van der Waals surface area contributed by atoms with Crippen LogP contribution in [-0.2, 0) is 9.59 Å². The van der Waals surface area contributed by atoms with Gasteiger partial charge in [-0.1, -0.05) is 57.7 Å². The summed E-state index contributed by atoms with van der Waals surface area (Å²) in [5.74, 6) is -0.0920. The molecular formula is C25H39N3O3. The molecule has 1 aliphatic rings. The smallest absolute Gasteiger partial charge is 0.254 e. The number of aryl methyl sites for hydroxylation is 1. The molecule has 0 bridgehead atoms. The highest BCUT2D eigenvalue weighted by atomic mass is 16.2. The van der Waals surface area contributed by atoms with E-state index in [1.807, 2.05) is 56.9 Å². The molecule has 0 spiro atoms. The highest BCUT2D eigenvalue weighted by molar-refractivity contribution is 5.95. The fourth-order valence-electron chi connectivity index (χ4n) is 3.99. The van der Waals surface area contributed by atoms with Crippen LogP contribution in [0.5, 0.6) is 0 Å². The number of benzene rings is 1. The van der Waals surface area contributed by atoms with Crippen LogP contribution in [0.1, 0.15) is 75.7 Å². The molecule has 2 unspecified atom stereocenters. The predicted molar refractivity (Wildman–Crippen MR) is 124 cm³/mol. The van der Waals surface area contributed by atoms with Gasteiger partial charge in [0, 0.05) is 37.7 Å². The van der Waals surface area contributed by atoms with E-state index < -0.39 is 6.04 Å². The average Bonchev–Trinajstić information content (AvgIpc) is 2.74. The first-order valence-electron chi connectivity index (χ1n) is 11.7. The van der Waals surface area contributed by atoms with E-state index >= 15 is 0 Å². The Balaban J connectivity index is 1.94. The van der Waals surface area contributed by atoms with E-state index in [1.54, 1.807) is 4.90 Å². The Hall–Kier alpha value is -2.37. The highest BCUT2D eigenvalue weighted by Gasteiger charge is 2.34. The number of rotatable bonds is 9. The van der Waals surface area contributed by atoms with Crippen molar-refractivity contribution in [2.24, 2.45) is 5.92 Å². The zero-order chi connectivity index (χ0) is 23.0. The van der Waals surface area contributed by atoms with Gasteiger partial charge in [0.2, 0.25) is 11.8 Å². The number of hydrogen-bond acceptors (Lipinski definition) is 3. The zero-order valence-electron chi connectivity index (χ0n) is 19.8. The summed E-state index contributed by atoms with van der Waals surface area (Å²) in [6.45, 7) is 11.5. The van der Waals surface area contributed by atoms with Crippen molar-refractivity contribution in [2.45, 2.75) is 78.8 Å². The van der Waals surface area contributed by atoms with E-state index in [1.165, 1.54) is 0 Å². The molecule has 0 radical (unpaired) electrons. The Morgan fingerprint density at radius 2 is 1.74 bits per heavy atom. The van der Waals surface area contributed by atoms with Gasteiger partial charge in [-0.25, -0.2) is 0 Å². The fraction of sp³-hybridized carbons (Fsp3) is 0.640. The second kappa shape index (κ2) is 11.9. The van der Waals surface area contributed by atoms with E-state index in [0.29, 0.717) is 31.6 Å². The lowest BCUT2D eigenvalue weighted by Crippen LogP contribution is -2.59. The second-order valence-electron chi connectivity index (χ2n) is 9.10. The molecule has 31 heavy (non-hydrogen) atoms. The van der Waals surface area contributed by atoms with Gasteiger partial charge in [0.05, 0.1) is 0 Å². The van der Waals surface area contributed by atoms with Gasteiger partial charge < -0.3 is 15.1 Å². The van der Waals surface area contributed by atoms with Gasteiger partial charge >= 0.3 is 0 Å². The molecule has 1 fully saturated rings. The van der Waals surface area contributed by atoms with E-state index in [-0.39, 0.29) is 29.7 Å². The fourth-order valence-corrected chi connectivity index (χ4v) is 3.99. The Kier molecular flexibility index (Phi) is 9.53. The van der Waals surface area contributed by atoms with E-state index in [0.717, 1.165) is 31.2 Å². The third kappa shape index (κ3) is 7.08. The largest absolute Gasteiger partial charge is 0.344 e. The molecule has 172 valence electrons. The quantitative estimate of drug-likeness (QED) is 0.608. The predicted octanol–water partition coefficient (Wildman–Crippen LogP) is 3.78. The summed E-state index contributed by atoms with van der Waals surface area (Å²) in [5, 5.41) is 2.96. The summed E-state index contributed by atoms with van der Waals surface area (Å²) >= 11 is 0. The molecule has 1 N–H and O–H groups in total. The molecule has 2 rings (SSSR count). The maximum Gasteiger partial charge on any atom is 0.254 e. The third-order valence-electron chi connectivity index (χ3n) is 6.01. The minimum atomic E-state index is -0.523.